The van der Waals surface area contributed by atoms with Crippen molar-refractivity contribution >= 4 is 23.4 Å². The van der Waals surface area contributed by atoms with Gasteiger partial charge >= 0.3 is 5.97 Å². The van der Waals surface area contributed by atoms with E-state index >= 15 is 0 Å². The maximum Gasteiger partial charge on any atom is 0.350 e. The van der Waals surface area contributed by atoms with Crippen LogP contribution in [0.4, 0.5) is 8.78 Å². The lowest BCUT2D eigenvalue weighted by molar-refractivity contribution is -0.151. The number of carbonyl (C=O) groups excluding carboxylic acids is 2. The van der Waals surface area contributed by atoms with Gasteiger partial charge in [-0.05, 0) is 43.3 Å². The Morgan fingerprint density at radius 1 is 1.03 bits per heavy atom. The highest BCUT2D eigenvalue weighted by molar-refractivity contribution is 6.30. The summed E-state index contributed by atoms with van der Waals surface area (Å²) in [5.74, 6) is -2.10. The van der Waals surface area contributed by atoms with Crippen LogP contribution in [0.5, 0.6) is 5.88 Å². The summed E-state index contributed by atoms with van der Waals surface area (Å²) in [4.78, 5) is 32.5. The Morgan fingerprint density at radius 3 is 2.41 bits per heavy atom. The van der Waals surface area contributed by atoms with E-state index in [1.54, 1.807) is 0 Å². The lowest BCUT2D eigenvalue weighted by Gasteiger charge is -2.16. The molecule has 4 rings (SSSR count). The molecule has 0 N–H and O–H groups in total. The van der Waals surface area contributed by atoms with Gasteiger partial charge in [-0.2, -0.15) is 4.98 Å². The molecule has 2 aromatic carbocycles. The highest BCUT2D eigenvalue weighted by Crippen LogP contribution is 2.42. The van der Waals surface area contributed by atoms with E-state index < -0.39 is 23.2 Å². The monoisotopic (exact) mass is 458 g/mol. The molecule has 1 aliphatic carbocycles. The summed E-state index contributed by atoms with van der Waals surface area (Å²) in [7, 11) is 1.25. The molecule has 3 aromatic rings. The summed E-state index contributed by atoms with van der Waals surface area (Å²) in [5, 5.41) is -0.0794. The van der Waals surface area contributed by atoms with Gasteiger partial charge in [0.05, 0.1) is 17.8 Å². The minimum atomic E-state index is -1.18. The molecule has 1 aromatic heterocycles. The van der Waals surface area contributed by atoms with Gasteiger partial charge in [-0.3, -0.25) is 4.79 Å². The van der Waals surface area contributed by atoms with Crippen molar-refractivity contribution in [1.82, 2.24) is 9.97 Å². The van der Waals surface area contributed by atoms with Gasteiger partial charge in [-0.1, -0.05) is 11.6 Å². The Bertz CT molecular complexity index is 1240. The van der Waals surface area contributed by atoms with E-state index in [1.165, 1.54) is 44.4 Å². The SMILES string of the molecule is COC(=O)C1(Oc2cc(-c3cc(C(C)=O)ccc3F)nc(-c3ccc(Cl)c(F)c3)n2)CC1. The summed E-state index contributed by atoms with van der Waals surface area (Å²) in [6.07, 6.45) is 0.857. The van der Waals surface area contributed by atoms with Crippen molar-refractivity contribution in [3.63, 3.8) is 0 Å². The summed E-state index contributed by atoms with van der Waals surface area (Å²) in [6, 6.07) is 9.24. The fourth-order valence-corrected chi connectivity index (χ4v) is 3.29. The van der Waals surface area contributed by atoms with Crippen molar-refractivity contribution in [3.05, 3.63) is 64.7 Å². The molecule has 0 amide bonds. The second-order valence-corrected chi connectivity index (χ2v) is 7.79. The fraction of sp³-hybridized carbons (Fsp3) is 0.217. The van der Waals surface area contributed by atoms with Crippen molar-refractivity contribution in [2.24, 2.45) is 0 Å². The second kappa shape index (κ2) is 8.27. The minimum Gasteiger partial charge on any atom is -0.466 e. The van der Waals surface area contributed by atoms with Crippen molar-refractivity contribution < 1.29 is 27.8 Å². The molecule has 1 saturated carbocycles. The first-order valence-corrected chi connectivity index (χ1v) is 10.0. The van der Waals surface area contributed by atoms with Gasteiger partial charge in [0.1, 0.15) is 11.6 Å². The van der Waals surface area contributed by atoms with E-state index in [-0.39, 0.29) is 44.9 Å². The van der Waals surface area contributed by atoms with E-state index in [2.05, 4.69) is 9.97 Å². The maximum absolute atomic E-state index is 14.7. The van der Waals surface area contributed by atoms with Crippen LogP contribution in [0, 0.1) is 11.6 Å². The van der Waals surface area contributed by atoms with Crippen molar-refractivity contribution in [2.75, 3.05) is 7.11 Å². The molecule has 9 heteroatoms. The number of methoxy groups -OCH3 is 1. The Balaban J connectivity index is 1.86. The van der Waals surface area contributed by atoms with Gasteiger partial charge in [-0.15, -0.1) is 0 Å². The number of aromatic nitrogens is 2. The lowest BCUT2D eigenvalue weighted by atomic mass is 10.0. The van der Waals surface area contributed by atoms with Crippen molar-refractivity contribution in [2.45, 2.75) is 25.4 Å². The molecule has 0 saturated heterocycles. The quantitative estimate of drug-likeness (QED) is 0.381. The number of hydrogen-bond acceptors (Lipinski definition) is 6. The van der Waals surface area contributed by atoms with Crippen LogP contribution in [0.15, 0.2) is 42.5 Å². The first-order valence-electron chi connectivity index (χ1n) is 9.65. The molecule has 0 aliphatic heterocycles. The van der Waals surface area contributed by atoms with E-state index in [1.807, 2.05) is 0 Å². The molecular weight excluding hydrogens is 442 g/mol. The summed E-state index contributed by atoms with van der Waals surface area (Å²) < 4.78 is 39.3. The highest BCUT2D eigenvalue weighted by Gasteiger charge is 2.54. The van der Waals surface area contributed by atoms with Crippen LogP contribution >= 0.6 is 11.6 Å². The van der Waals surface area contributed by atoms with Crippen LogP contribution in [-0.2, 0) is 9.53 Å². The van der Waals surface area contributed by atoms with E-state index in [9.17, 15) is 18.4 Å². The molecule has 0 atom stereocenters. The number of esters is 1. The Kier molecular flexibility index (Phi) is 5.64. The zero-order valence-electron chi connectivity index (χ0n) is 17.1. The van der Waals surface area contributed by atoms with Crippen LogP contribution in [-0.4, -0.2) is 34.4 Å². The van der Waals surface area contributed by atoms with Gasteiger partial charge < -0.3 is 9.47 Å². The molecule has 1 aliphatic rings. The van der Waals surface area contributed by atoms with E-state index in [0.717, 1.165) is 12.1 Å². The number of ketones is 1. The highest BCUT2D eigenvalue weighted by atomic mass is 35.5. The van der Waals surface area contributed by atoms with E-state index in [0.29, 0.717) is 12.8 Å². The van der Waals surface area contributed by atoms with Crippen LogP contribution < -0.4 is 4.74 Å². The normalized spacial score (nSPS) is 14.0. The van der Waals surface area contributed by atoms with Gasteiger partial charge in [-0.25, -0.2) is 18.6 Å². The molecule has 0 bridgehead atoms. The number of rotatable bonds is 6. The van der Waals surface area contributed by atoms with Crippen LogP contribution in [0.2, 0.25) is 5.02 Å². The first kappa shape index (κ1) is 21.8. The molecule has 0 spiro atoms. The topological polar surface area (TPSA) is 78.4 Å². The number of nitrogens with zero attached hydrogens (tertiary/aromatic N) is 2. The van der Waals surface area contributed by atoms with Crippen LogP contribution in [0.3, 0.4) is 0 Å². The number of halogens is 3. The van der Waals surface area contributed by atoms with Gasteiger partial charge in [0.25, 0.3) is 0 Å². The fourth-order valence-electron chi connectivity index (χ4n) is 3.17. The summed E-state index contributed by atoms with van der Waals surface area (Å²) >= 11 is 5.77. The van der Waals surface area contributed by atoms with Crippen LogP contribution in [0.25, 0.3) is 22.6 Å². The second-order valence-electron chi connectivity index (χ2n) is 7.38. The number of hydrogen-bond donors (Lipinski definition) is 0. The van der Waals surface area contributed by atoms with Gasteiger partial charge in [0, 0.05) is 35.6 Å². The third-order valence-corrected chi connectivity index (χ3v) is 5.40. The maximum atomic E-state index is 14.7. The van der Waals surface area contributed by atoms with Crippen LogP contribution in [0.1, 0.15) is 30.1 Å². The standard InChI is InChI=1S/C23H17ClF2N2O4/c1-12(29)13-4-6-17(25)15(9-13)19-11-20(32-23(7-8-23)22(30)31-2)28-21(27-19)14-3-5-16(24)18(26)10-14/h3-6,9-11H,7-8H2,1-2H3. The molecule has 0 unspecified atom stereocenters. The van der Waals surface area contributed by atoms with E-state index in [4.69, 9.17) is 21.1 Å². The summed E-state index contributed by atoms with van der Waals surface area (Å²) in [6.45, 7) is 1.36. The Hall–Kier alpha value is -3.39. The first-order chi connectivity index (χ1) is 15.2. The predicted molar refractivity (Wildman–Crippen MR) is 112 cm³/mol. The predicted octanol–water partition coefficient (Wildman–Crippen LogP) is 5.03. The summed E-state index contributed by atoms with van der Waals surface area (Å²) in [5.41, 5.74) is -0.493. The zero-order valence-corrected chi connectivity index (χ0v) is 17.9. The number of ether oxygens (including phenoxy) is 2. The smallest absolute Gasteiger partial charge is 0.350 e. The molecule has 1 heterocycles. The molecule has 164 valence electrons. The third kappa shape index (κ3) is 4.18. The molecule has 6 nitrogen and oxygen atoms in total. The average Bonchev–Trinajstić information content (AvgIpc) is 3.55. The molecule has 32 heavy (non-hydrogen) atoms. The average molecular weight is 459 g/mol. The lowest BCUT2D eigenvalue weighted by Crippen LogP contribution is -2.31. The zero-order chi connectivity index (χ0) is 23.0. The number of benzene rings is 2. The molecule has 0 radical (unpaired) electrons. The third-order valence-electron chi connectivity index (χ3n) is 5.09. The van der Waals surface area contributed by atoms with Crippen molar-refractivity contribution in [1.29, 1.82) is 0 Å². The largest absolute Gasteiger partial charge is 0.466 e. The number of Topliss-reactive ketones (excluding diaryl/α,β-unsaturated/α-hetero) is 1. The Labute approximate surface area is 187 Å². The van der Waals surface area contributed by atoms with Gasteiger partial charge in [0.2, 0.25) is 11.5 Å². The Morgan fingerprint density at radius 2 is 1.78 bits per heavy atom. The van der Waals surface area contributed by atoms with Gasteiger partial charge in [0.15, 0.2) is 11.6 Å². The molecular formula is C23H17ClF2N2O4. The molecule has 1 fully saturated rings. The number of carbonyl (C=O) groups is 2. The van der Waals surface area contributed by atoms with Crippen molar-refractivity contribution in [3.8, 4) is 28.5 Å². The minimum absolute atomic E-state index is 0.0177.